The van der Waals surface area contributed by atoms with Crippen LogP contribution in [0.15, 0.2) is 17.4 Å². The van der Waals surface area contributed by atoms with Gasteiger partial charge in [0.1, 0.15) is 12.3 Å². The van der Waals surface area contributed by atoms with Gasteiger partial charge in [0.2, 0.25) is 0 Å². The van der Waals surface area contributed by atoms with Gasteiger partial charge in [-0.3, -0.25) is 22.8 Å². The van der Waals surface area contributed by atoms with E-state index in [1.807, 2.05) is 0 Å². The molecule has 1 saturated heterocycles. The third kappa shape index (κ3) is 10.1. The molecule has 5 atom stereocenters. The number of aromatic amines is 1. The molecule has 17 nitrogen and oxygen atoms in total. The SMILES string of the molecule is O=c1[nH]cnc2c1ncn2C1CC(O)C(COP(=O)([O-])OP(=O)([O-])OP(=O)([O-])[O-])O1.[Li+].[Li+].[Li+].[Li+]. The molecule has 2 aromatic rings. The van der Waals surface area contributed by atoms with E-state index in [2.05, 4.69) is 28.1 Å². The molecule has 3 rings (SSSR count). The van der Waals surface area contributed by atoms with Gasteiger partial charge in [-0.1, -0.05) is 0 Å². The van der Waals surface area contributed by atoms with Crippen molar-refractivity contribution in [1.82, 2.24) is 19.5 Å². The standard InChI is InChI=1S/C10H15N4O13P3.4Li/c15-5-1-7(14-4-13-8-9(14)11-3-12-10(8)16)25-6(5)2-24-29(20,21)27-30(22,23)26-28(17,18)19;;;;/h3-7,15H,1-2H2,(H,20,21)(H,22,23)(H,11,12,16)(H2,17,18,19);;;;/q;4*+1/p-4. The Bertz CT molecular complexity index is 1140. The first-order chi connectivity index (χ1) is 13.8. The number of ether oxygens (including phenoxy) is 1. The number of hydrogen-bond acceptors (Lipinski definition) is 15. The molecule has 1 aliphatic heterocycles. The summed E-state index contributed by atoms with van der Waals surface area (Å²) in [6, 6.07) is 0. The van der Waals surface area contributed by atoms with E-state index in [1.54, 1.807) is 0 Å². The average molecular weight is 516 g/mol. The van der Waals surface area contributed by atoms with Crippen LogP contribution in [-0.2, 0) is 31.6 Å². The minimum atomic E-state index is -6.10. The first-order valence-electron chi connectivity index (χ1n) is 7.71. The van der Waals surface area contributed by atoms with E-state index < -0.39 is 54.1 Å². The predicted molar refractivity (Wildman–Crippen MR) is 83.6 cm³/mol. The molecule has 1 fully saturated rings. The van der Waals surface area contributed by atoms with Crippen LogP contribution in [0.3, 0.4) is 0 Å². The van der Waals surface area contributed by atoms with Crippen molar-refractivity contribution in [3.05, 3.63) is 23.0 Å². The molecule has 0 bridgehead atoms. The molecular formula is C10H11Li4N4O13P3. The monoisotopic (exact) mass is 516 g/mol. The van der Waals surface area contributed by atoms with Gasteiger partial charge in [-0.15, -0.1) is 0 Å². The first kappa shape index (κ1) is 37.2. The largest absolute Gasteiger partial charge is 1.00 e. The summed E-state index contributed by atoms with van der Waals surface area (Å²) in [4.78, 5) is 65.0. The second-order valence-corrected chi connectivity index (χ2v) is 10.0. The maximum absolute atomic E-state index is 11.7. The van der Waals surface area contributed by atoms with E-state index in [0.29, 0.717) is 0 Å². The normalized spacial score (nSPS) is 23.4. The molecule has 168 valence electrons. The molecule has 2 N–H and O–H groups in total. The Balaban J connectivity index is 0. The zero-order chi connectivity index (χ0) is 22.3. The number of phosphoric acid groups is 3. The summed E-state index contributed by atoms with van der Waals surface area (Å²) in [7, 11) is -17.9. The Hall–Kier alpha value is 1.07. The van der Waals surface area contributed by atoms with Crippen LogP contribution in [0.25, 0.3) is 11.2 Å². The second kappa shape index (κ2) is 14.3. The van der Waals surface area contributed by atoms with Crippen molar-refractivity contribution < 1.29 is 132 Å². The number of aliphatic hydroxyl groups is 1. The number of nitrogens with one attached hydrogen (secondary N) is 1. The van der Waals surface area contributed by atoms with Crippen LogP contribution < -0.4 is 101 Å². The third-order valence-corrected chi connectivity index (χ3v) is 7.34. The zero-order valence-corrected chi connectivity index (χ0v) is 21.0. The Morgan fingerprint density at radius 2 is 1.71 bits per heavy atom. The van der Waals surface area contributed by atoms with E-state index in [9.17, 15) is 43.2 Å². The summed E-state index contributed by atoms with van der Waals surface area (Å²) < 4.78 is 50.4. The third-order valence-electron chi connectivity index (χ3n) is 3.68. The van der Waals surface area contributed by atoms with Crippen molar-refractivity contribution in [2.24, 2.45) is 0 Å². The van der Waals surface area contributed by atoms with Gasteiger partial charge in [-0.25, -0.2) is 14.3 Å². The summed E-state index contributed by atoms with van der Waals surface area (Å²) in [6.07, 6.45) is -1.31. The van der Waals surface area contributed by atoms with Gasteiger partial charge < -0.3 is 43.5 Å². The first-order valence-corrected chi connectivity index (χ1v) is 12.1. The average Bonchev–Trinajstić information content (AvgIpc) is 3.14. The number of phosphoric ester groups is 1. The number of hydrogen-bond donors (Lipinski definition) is 2. The van der Waals surface area contributed by atoms with Gasteiger partial charge in [0.15, 0.2) is 11.2 Å². The smallest absolute Gasteiger partial charge is 0.790 e. The second-order valence-electron chi connectivity index (χ2n) is 5.79. The number of H-pyrrole nitrogens is 1. The van der Waals surface area contributed by atoms with Gasteiger partial charge in [0, 0.05) is 6.42 Å². The summed E-state index contributed by atoms with van der Waals surface area (Å²) in [5.41, 5.74) is -0.404. The molecule has 2 aromatic heterocycles. The fourth-order valence-electron chi connectivity index (χ4n) is 2.56. The van der Waals surface area contributed by atoms with Gasteiger partial charge in [-0.2, -0.15) is 0 Å². The Kier molecular flexibility index (Phi) is 15.6. The minimum absolute atomic E-state index is 0. The summed E-state index contributed by atoms with van der Waals surface area (Å²) >= 11 is 0. The van der Waals surface area contributed by atoms with Crippen molar-refractivity contribution >= 4 is 34.6 Å². The molecule has 0 saturated carbocycles. The Morgan fingerprint density at radius 3 is 2.29 bits per heavy atom. The molecule has 0 spiro atoms. The minimum Gasteiger partial charge on any atom is -0.790 e. The number of nitrogens with zero attached hydrogens (tertiary/aromatic N) is 3. The van der Waals surface area contributed by atoms with Crippen LogP contribution in [0.2, 0.25) is 0 Å². The molecule has 5 unspecified atom stereocenters. The van der Waals surface area contributed by atoms with Gasteiger partial charge in [0.25, 0.3) is 21.2 Å². The molecule has 0 aromatic carbocycles. The maximum atomic E-state index is 11.7. The number of aromatic nitrogens is 4. The van der Waals surface area contributed by atoms with Crippen molar-refractivity contribution in [3.8, 4) is 0 Å². The topological polar surface area (TPSA) is 264 Å². The predicted octanol–water partition coefficient (Wildman–Crippen LogP) is -15.4. The van der Waals surface area contributed by atoms with Gasteiger partial charge in [-0.05, 0) is 0 Å². The molecule has 0 radical (unpaired) electrons. The number of imidazole rings is 1. The van der Waals surface area contributed by atoms with E-state index in [1.165, 1.54) is 10.9 Å². The summed E-state index contributed by atoms with van der Waals surface area (Å²) in [5, 5.41) is 10.0. The van der Waals surface area contributed by atoms with Crippen LogP contribution in [0.1, 0.15) is 12.6 Å². The summed E-state index contributed by atoms with van der Waals surface area (Å²) in [5.74, 6) is 0. The van der Waals surface area contributed by atoms with E-state index in [-0.39, 0.29) is 93.0 Å². The van der Waals surface area contributed by atoms with Crippen molar-refractivity contribution in [1.29, 1.82) is 0 Å². The number of rotatable bonds is 8. The van der Waals surface area contributed by atoms with Gasteiger partial charge >= 0.3 is 75.4 Å². The molecule has 0 amide bonds. The van der Waals surface area contributed by atoms with E-state index >= 15 is 0 Å². The molecular weight excluding hydrogens is 505 g/mol. The molecule has 34 heavy (non-hydrogen) atoms. The van der Waals surface area contributed by atoms with Crippen LogP contribution in [0.5, 0.6) is 0 Å². The van der Waals surface area contributed by atoms with Crippen molar-refractivity contribution in [2.45, 2.75) is 24.9 Å². The molecule has 0 aliphatic carbocycles. The summed E-state index contributed by atoms with van der Waals surface area (Å²) in [6.45, 7) is -0.939. The zero-order valence-electron chi connectivity index (χ0n) is 18.3. The fourth-order valence-corrected chi connectivity index (χ4v) is 5.42. The molecule has 1 aliphatic rings. The number of aliphatic hydroxyl groups excluding tert-OH is 1. The number of fused-ring (bicyclic) bond motifs is 1. The quantitative estimate of drug-likeness (QED) is 0.244. The van der Waals surface area contributed by atoms with Crippen LogP contribution >= 0.6 is 23.5 Å². The molecule has 24 heteroatoms. The molecule has 3 heterocycles. The fraction of sp³-hybridized carbons (Fsp3) is 0.500. The van der Waals surface area contributed by atoms with Crippen LogP contribution in [-0.4, -0.2) is 43.4 Å². The van der Waals surface area contributed by atoms with Crippen molar-refractivity contribution in [2.75, 3.05) is 6.61 Å². The van der Waals surface area contributed by atoms with E-state index in [0.717, 1.165) is 6.33 Å². The van der Waals surface area contributed by atoms with E-state index in [4.69, 9.17) is 4.74 Å². The van der Waals surface area contributed by atoms with Crippen LogP contribution in [0, 0.1) is 0 Å². The maximum Gasteiger partial charge on any atom is 1.00 e. The van der Waals surface area contributed by atoms with Crippen molar-refractivity contribution in [3.63, 3.8) is 0 Å². The van der Waals surface area contributed by atoms with Crippen LogP contribution in [0.4, 0.5) is 0 Å². The Morgan fingerprint density at radius 1 is 1.09 bits per heavy atom. The van der Waals surface area contributed by atoms with Gasteiger partial charge in [0.05, 0.1) is 33.2 Å². The Labute approximate surface area is 238 Å².